The molecule has 1 aromatic rings. The van der Waals surface area contributed by atoms with Gasteiger partial charge in [-0.1, -0.05) is 30.1 Å². The van der Waals surface area contributed by atoms with Crippen molar-refractivity contribution in [1.29, 1.82) is 0 Å². The van der Waals surface area contributed by atoms with Gasteiger partial charge in [-0.05, 0) is 36.6 Å². The van der Waals surface area contributed by atoms with Gasteiger partial charge in [0.1, 0.15) is 10.3 Å². The zero-order valence-corrected chi connectivity index (χ0v) is 11.2. The maximum absolute atomic E-state index is 9.83. The predicted octanol–water partition coefficient (Wildman–Crippen LogP) is 2.59. The van der Waals surface area contributed by atoms with Crippen LogP contribution in [0.2, 0.25) is 10.3 Å². The summed E-state index contributed by atoms with van der Waals surface area (Å²) in [4.78, 5) is 6.13. The summed E-state index contributed by atoms with van der Waals surface area (Å²) in [6, 6.07) is 3.63. The monoisotopic (exact) mass is 274 g/mol. The number of likely N-dealkylation sites (tertiary alicyclic amines) is 1. The molecule has 0 bridgehead atoms. The minimum atomic E-state index is -0.239. The molecule has 2 rings (SSSR count). The molecule has 2 atom stereocenters. The van der Waals surface area contributed by atoms with Gasteiger partial charge in [0, 0.05) is 13.1 Å². The second-order valence-corrected chi connectivity index (χ2v) is 5.46. The first-order valence-corrected chi connectivity index (χ1v) is 6.52. The third-order valence-electron chi connectivity index (χ3n) is 3.23. The van der Waals surface area contributed by atoms with Crippen molar-refractivity contribution in [3.8, 4) is 0 Å². The first-order valence-electron chi connectivity index (χ1n) is 5.77. The standard InChI is InChI=1S/C12H16Cl2N2O/c1-8-2-3-16(7-10(8)17)6-9-4-11(13)15-12(14)5-9/h4-5,8,10,17H,2-3,6-7H2,1H3. The first-order chi connectivity index (χ1) is 8.04. The molecule has 1 aromatic heterocycles. The molecule has 0 radical (unpaired) electrons. The van der Waals surface area contributed by atoms with Crippen molar-refractivity contribution < 1.29 is 5.11 Å². The van der Waals surface area contributed by atoms with Gasteiger partial charge in [0.2, 0.25) is 0 Å². The number of β-amino-alcohol motifs (C(OH)–C–C–N with tert-alkyl or cyclic N) is 1. The topological polar surface area (TPSA) is 36.4 Å². The quantitative estimate of drug-likeness (QED) is 0.843. The predicted molar refractivity (Wildman–Crippen MR) is 69.3 cm³/mol. The molecule has 1 N–H and O–H groups in total. The number of hydrogen-bond acceptors (Lipinski definition) is 3. The van der Waals surface area contributed by atoms with Crippen LogP contribution in [0.15, 0.2) is 12.1 Å². The highest BCUT2D eigenvalue weighted by Crippen LogP contribution is 2.21. The van der Waals surface area contributed by atoms with Crippen molar-refractivity contribution >= 4 is 23.2 Å². The molecule has 0 amide bonds. The van der Waals surface area contributed by atoms with E-state index in [2.05, 4.69) is 16.8 Å². The molecule has 2 unspecified atom stereocenters. The maximum atomic E-state index is 9.83. The summed E-state index contributed by atoms with van der Waals surface area (Å²) in [5.41, 5.74) is 1.04. The smallest absolute Gasteiger partial charge is 0.131 e. The highest BCUT2D eigenvalue weighted by atomic mass is 35.5. The minimum Gasteiger partial charge on any atom is -0.392 e. The highest BCUT2D eigenvalue weighted by molar-refractivity contribution is 6.32. The molecule has 94 valence electrons. The number of rotatable bonds is 2. The number of halogens is 2. The number of aromatic nitrogens is 1. The van der Waals surface area contributed by atoms with Gasteiger partial charge in [0.25, 0.3) is 0 Å². The number of aliphatic hydroxyl groups is 1. The number of aliphatic hydroxyl groups excluding tert-OH is 1. The Bertz CT molecular complexity index is 380. The van der Waals surface area contributed by atoms with Gasteiger partial charge < -0.3 is 5.11 Å². The average Bonchev–Trinajstić information content (AvgIpc) is 2.22. The van der Waals surface area contributed by atoms with E-state index in [1.54, 1.807) is 0 Å². The van der Waals surface area contributed by atoms with Gasteiger partial charge in [-0.15, -0.1) is 0 Å². The van der Waals surface area contributed by atoms with Gasteiger partial charge >= 0.3 is 0 Å². The lowest BCUT2D eigenvalue weighted by molar-refractivity contribution is 0.0259. The third kappa shape index (κ3) is 3.55. The van der Waals surface area contributed by atoms with Gasteiger partial charge in [0.05, 0.1) is 6.10 Å². The van der Waals surface area contributed by atoms with E-state index in [0.717, 1.165) is 25.1 Å². The van der Waals surface area contributed by atoms with E-state index in [9.17, 15) is 5.11 Å². The molecule has 1 fully saturated rings. The molecule has 1 aliphatic rings. The van der Waals surface area contributed by atoms with Crippen LogP contribution in [0.4, 0.5) is 0 Å². The lowest BCUT2D eigenvalue weighted by Crippen LogP contribution is -2.42. The van der Waals surface area contributed by atoms with Crippen molar-refractivity contribution in [2.45, 2.75) is 26.0 Å². The molecule has 0 aromatic carbocycles. The summed E-state index contributed by atoms with van der Waals surface area (Å²) in [5, 5.41) is 10.7. The third-order valence-corrected chi connectivity index (χ3v) is 3.62. The van der Waals surface area contributed by atoms with Gasteiger partial charge in [-0.3, -0.25) is 4.90 Å². The fraction of sp³-hybridized carbons (Fsp3) is 0.583. The van der Waals surface area contributed by atoms with Crippen LogP contribution >= 0.6 is 23.2 Å². The summed E-state index contributed by atoms with van der Waals surface area (Å²) in [7, 11) is 0. The molecule has 1 saturated heterocycles. The molecular weight excluding hydrogens is 259 g/mol. The molecule has 0 saturated carbocycles. The SMILES string of the molecule is CC1CCN(Cc2cc(Cl)nc(Cl)c2)CC1O. The molecule has 0 spiro atoms. The Morgan fingerprint density at radius 3 is 2.65 bits per heavy atom. The average molecular weight is 275 g/mol. The molecule has 5 heteroatoms. The molecule has 1 aliphatic heterocycles. The largest absolute Gasteiger partial charge is 0.392 e. The van der Waals surface area contributed by atoms with E-state index in [0.29, 0.717) is 22.8 Å². The summed E-state index contributed by atoms with van der Waals surface area (Å²) in [6.07, 6.45) is 0.782. The van der Waals surface area contributed by atoms with Crippen molar-refractivity contribution in [2.75, 3.05) is 13.1 Å². The lowest BCUT2D eigenvalue weighted by atomic mass is 9.96. The van der Waals surface area contributed by atoms with Gasteiger partial charge in [0.15, 0.2) is 0 Å². The fourth-order valence-electron chi connectivity index (χ4n) is 2.12. The van der Waals surface area contributed by atoms with E-state index >= 15 is 0 Å². The molecular formula is C12H16Cl2N2O. The Morgan fingerprint density at radius 1 is 1.41 bits per heavy atom. The van der Waals surface area contributed by atoms with Crippen LogP contribution in [0.25, 0.3) is 0 Å². The fourth-order valence-corrected chi connectivity index (χ4v) is 2.63. The van der Waals surface area contributed by atoms with E-state index < -0.39 is 0 Å². The lowest BCUT2D eigenvalue weighted by Gasteiger charge is -2.34. The maximum Gasteiger partial charge on any atom is 0.131 e. The Hall–Kier alpha value is -0.350. The molecule has 3 nitrogen and oxygen atoms in total. The van der Waals surface area contributed by atoms with Crippen LogP contribution in [-0.4, -0.2) is 34.2 Å². The van der Waals surface area contributed by atoms with E-state index in [-0.39, 0.29) is 6.10 Å². The van der Waals surface area contributed by atoms with Crippen molar-refractivity contribution in [3.63, 3.8) is 0 Å². The molecule has 17 heavy (non-hydrogen) atoms. The van der Waals surface area contributed by atoms with Crippen LogP contribution in [-0.2, 0) is 6.54 Å². The molecule has 0 aliphatic carbocycles. The van der Waals surface area contributed by atoms with Crippen LogP contribution in [0.3, 0.4) is 0 Å². The van der Waals surface area contributed by atoms with Crippen LogP contribution < -0.4 is 0 Å². The second kappa shape index (κ2) is 5.53. The van der Waals surface area contributed by atoms with E-state index in [1.807, 2.05) is 12.1 Å². The number of pyridine rings is 1. The van der Waals surface area contributed by atoms with Crippen molar-refractivity contribution in [3.05, 3.63) is 28.0 Å². The summed E-state index contributed by atoms with van der Waals surface area (Å²) < 4.78 is 0. The number of piperidine rings is 1. The Morgan fingerprint density at radius 2 is 2.06 bits per heavy atom. The molecule has 2 heterocycles. The van der Waals surface area contributed by atoms with E-state index in [1.165, 1.54) is 0 Å². The van der Waals surface area contributed by atoms with Gasteiger partial charge in [-0.25, -0.2) is 4.98 Å². The summed E-state index contributed by atoms with van der Waals surface area (Å²) in [5.74, 6) is 0.385. The van der Waals surface area contributed by atoms with Gasteiger partial charge in [-0.2, -0.15) is 0 Å². The Balaban J connectivity index is 2.01. The van der Waals surface area contributed by atoms with Crippen LogP contribution in [0.5, 0.6) is 0 Å². The zero-order valence-electron chi connectivity index (χ0n) is 9.74. The number of nitrogens with zero attached hydrogens (tertiary/aromatic N) is 2. The van der Waals surface area contributed by atoms with E-state index in [4.69, 9.17) is 23.2 Å². The normalized spacial score (nSPS) is 26.1. The van der Waals surface area contributed by atoms with Crippen molar-refractivity contribution in [2.24, 2.45) is 5.92 Å². The van der Waals surface area contributed by atoms with Crippen molar-refractivity contribution in [1.82, 2.24) is 9.88 Å². The first kappa shape index (κ1) is 13.1. The summed E-state index contributed by atoms with van der Waals surface area (Å²) in [6.45, 7) is 4.54. The Labute approximate surface area is 111 Å². The number of hydrogen-bond donors (Lipinski definition) is 1. The summed E-state index contributed by atoms with van der Waals surface area (Å²) >= 11 is 11.7. The Kier molecular flexibility index (Phi) is 4.26. The minimum absolute atomic E-state index is 0.239. The highest BCUT2D eigenvalue weighted by Gasteiger charge is 2.24. The van der Waals surface area contributed by atoms with Crippen LogP contribution in [0.1, 0.15) is 18.9 Å². The zero-order chi connectivity index (χ0) is 12.4. The van der Waals surface area contributed by atoms with Crippen LogP contribution in [0, 0.1) is 5.92 Å². The second-order valence-electron chi connectivity index (χ2n) is 4.69.